The molecule has 0 saturated carbocycles. The van der Waals surface area contributed by atoms with Gasteiger partial charge >= 0.3 is 0 Å². The summed E-state index contributed by atoms with van der Waals surface area (Å²) in [5.41, 5.74) is 8.32. The van der Waals surface area contributed by atoms with Crippen molar-refractivity contribution < 1.29 is 0 Å². The summed E-state index contributed by atoms with van der Waals surface area (Å²) in [4.78, 5) is 4.14. The summed E-state index contributed by atoms with van der Waals surface area (Å²) in [5, 5.41) is 4.41. The molecular weight excluding hydrogens is 150 g/mol. The molecule has 0 aliphatic rings. The van der Waals surface area contributed by atoms with Crippen LogP contribution in [0.25, 0.3) is 10.9 Å². The Morgan fingerprint density at radius 1 is 1.17 bits per heavy atom. The smallest absolute Gasteiger partial charge is 0.111 e. The van der Waals surface area contributed by atoms with E-state index in [1.54, 1.807) is 12.3 Å². The molecule has 58 valence electrons. The zero-order valence-corrected chi connectivity index (χ0v) is 6.36. The molecule has 0 fully saturated rings. The van der Waals surface area contributed by atoms with Crippen molar-refractivity contribution in [2.45, 2.75) is 0 Å². The van der Waals surface area contributed by atoms with E-state index < -0.39 is 0 Å². The number of benzene rings is 1. The van der Waals surface area contributed by atoms with E-state index in [0.29, 0.717) is 5.69 Å². The van der Waals surface area contributed by atoms with Crippen molar-refractivity contribution >= 4 is 16.6 Å². The molecule has 1 aromatic heterocycles. The Morgan fingerprint density at radius 3 is 2.83 bits per heavy atom. The molecule has 1 heterocycles. The van der Waals surface area contributed by atoms with Crippen LogP contribution in [0.3, 0.4) is 0 Å². The Balaban J connectivity index is 2.88. The van der Waals surface area contributed by atoms with E-state index in [1.807, 2.05) is 24.3 Å². The van der Waals surface area contributed by atoms with Gasteiger partial charge in [-0.1, -0.05) is 18.2 Å². The number of nitrogens with one attached hydrogen (secondary N) is 1. The fourth-order valence-electron chi connectivity index (χ4n) is 1.18. The average molecular weight is 157 g/mol. The lowest BCUT2D eigenvalue weighted by Crippen LogP contribution is -1.76. The summed E-state index contributed by atoms with van der Waals surface area (Å²) in [6.45, 7) is 0. The molecule has 0 radical (unpaired) electrons. The lowest BCUT2D eigenvalue weighted by Gasteiger charge is -1.97. The zero-order valence-electron chi connectivity index (χ0n) is 6.36. The second-order valence-electron chi connectivity index (χ2n) is 2.46. The number of hydrogen-bond acceptors (Lipinski definition) is 3. The molecule has 2 rings (SSSR count). The molecule has 0 atom stereocenters. The molecule has 1 N–H and O–H groups in total. The summed E-state index contributed by atoms with van der Waals surface area (Å²) in [6, 6.07) is 9.43. The minimum Gasteiger partial charge on any atom is -0.254 e. The van der Waals surface area contributed by atoms with Crippen LogP contribution in [0.1, 0.15) is 0 Å². The predicted octanol–water partition coefficient (Wildman–Crippen LogP) is 2.90. The van der Waals surface area contributed by atoms with Crippen molar-refractivity contribution in [3.8, 4) is 0 Å². The molecule has 12 heavy (non-hydrogen) atoms. The summed E-state index contributed by atoms with van der Waals surface area (Å²) in [6.07, 6.45) is 1.71. The highest BCUT2D eigenvalue weighted by atomic mass is 15.0. The van der Waals surface area contributed by atoms with Gasteiger partial charge in [0, 0.05) is 11.6 Å². The van der Waals surface area contributed by atoms with Crippen LogP contribution >= 0.6 is 0 Å². The van der Waals surface area contributed by atoms with Gasteiger partial charge in [0.15, 0.2) is 0 Å². The normalized spacial score (nSPS) is 10.0. The van der Waals surface area contributed by atoms with Crippen LogP contribution in [0.4, 0.5) is 5.69 Å². The van der Waals surface area contributed by atoms with Gasteiger partial charge in [-0.15, -0.1) is 0 Å². The number of hydrogen-bond donors (Lipinski definition) is 1. The summed E-state index contributed by atoms with van der Waals surface area (Å²) < 4.78 is 0. The molecule has 1 aromatic carbocycles. The lowest BCUT2D eigenvalue weighted by atomic mass is 10.2. The van der Waals surface area contributed by atoms with Crippen LogP contribution in [0.15, 0.2) is 41.6 Å². The number of fused-ring (bicyclic) bond motifs is 1. The summed E-state index contributed by atoms with van der Waals surface area (Å²) in [7, 11) is 0. The Bertz CT molecular complexity index is 418. The molecule has 0 unspecified atom stereocenters. The van der Waals surface area contributed by atoms with E-state index in [4.69, 9.17) is 5.53 Å². The van der Waals surface area contributed by atoms with E-state index in [2.05, 4.69) is 10.1 Å². The monoisotopic (exact) mass is 157 g/mol. The fourth-order valence-corrected chi connectivity index (χ4v) is 1.18. The van der Waals surface area contributed by atoms with Gasteiger partial charge in [0.25, 0.3) is 0 Å². The van der Waals surface area contributed by atoms with E-state index in [9.17, 15) is 0 Å². The van der Waals surface area contributed by atoms with Crippen molar-refractivity contribution in [1.29, 1.82) is 5.53 Å². The first-order chi connectivity index (χ1) is 5.92. The molecule has 0 aliphatic carbocycles. The number of pyridine rings is 1. The quantitative estimate of drug-likeness (QED) is 0.635. The molecule has 0 spiro atoms. The van der Waals surface area contributed by atoms with Gasteiger partial charge in [-0.25, -0.2) is 5.53 Å². The Labute approximate surface area is 69.6 Å². The highest BCUT2D eigenvalue weighted by Crippen LogP contribution is 2.22. The van der Waals surface area contributed by atoms with E-state index >= 15 is 0 Å². The lowest BCUT2D eigenvalue weighted by molar-refractivity contribution is 1.15. The van der Waals surface area contributed by atoms with Gasteiger partial charge in [0.2, 0.25) is 0 Å². The third kappa shape index (κ3) is 0.955. The number of nitrogens with zero attached hydrogens (tertiary/aromatic N) is 2. The molecule has 0 saturated heterocycles. The molecular formula is C9H7N3. The molecule has 3 heteroatoms. The van der Waals surface area contributed by atoms with Crippen molar-refractivity contribution in [2.75, 3.05) is 0 Å². The molecule has 0 bridgehead atoms. The Hall–Kier alpha value is -1.77. The van der Waals surface area contributed by atoms with Crippen LogP contribution in [-0.2, 0) is 0 Å². The van der Waals surface area contributed by atoms with E-state index in [-0.39, 0.29) is 0 Å². The van der Waals surface area contributed by atoms with Gasteiger partial charge in [-0.2, -0.15) is 5.11 Å². The third-order valence-corrected chi connectivity index (χ3v) is 1.73. The van der Waals surface area contributed by atoms with Crippen LogP contribution in [0, 0.1) is 5.53 Å². The molecule has 0 aliphatic heterocycles. The maximum Gasteiger partial charge on any atom is 0.111 e. The van der Waals surface area contributed by atoms with Gasteiger partial charge in [-0.05, 0) is 12.1 Å². The first-order valence-electron chi connectivity index (χ1n) is 3.63. The summed E-state index contributed by atoms with van der Waals surface area (Å²) in [5.74, 6) is 0. The second-order valence-corrected chi connectivity index (χ2v) is 2.46. The van der Waals surface area contributed by atoms with E-state index in [1.165, 1.54) is 0 Å². The largest absolute Gasteiger partial charge is 0.254 e. The average Bonchev–Trinajstić information content (AvgIpc) is 2.17. The SMILES string of the molecule is N=Nc1cccc2cccnc12. The first kappa shape index (κ1) is 6.91. The van der Waals surface area contributed by atoms with Crippen molar-refractivity contribution in [3.63, 3.8) is 0 Å². The first-order valence-corrected chi connectivity index (χ1v) is 3.63. The second kappa shape index (κ2) is 2.70. The van der Waals surface area contributed by atoms with Crippen LogP contribution < -0.4 is 0 Å². The van der Waals surface area contributed by atoms with Gasteiger partial charge in [0.05, 0.1) is 5.52 Å². The van der Waals surface area contributed by atoms with Crippen molar-refractivity contribution in [3.05, 3.63) is 36.5 Å². The van der Waals surface area contributed by atoms with Crippen LogP contribution in [0.2, 0.25) is 0 Å². The standard InChI is InChI=1S/C9H7N3/c10-12-8-5-1-3-7-4-2-6-11-9(7)8/h1-6,10H. The zero-order chi connectivity index (χ0) is 8.39. The number of aromatic nitrogens is 1. The third-order valence-electron chi connectivity index (χ3n) is 1.73. The maximum absolute atomic E-state index is 6.91. The van der Waals surface area contributed by atoms with Crippen LogP contribution in [0.5, 0.6) is 0 Å². The number of para-hydroxylation sites is 1. The molecule has 2 aromatic rings. The highest BCUT2D eigenvalue weighted by molar-refractivity contribution is 5.88. The number of rotatable bonds is 1. The highest BCUT2D eigenvalue weighted by Gasteiger charge is 1.97. The van der Waals surface area contributed by atoms with E-state index in [0.717, 1.165) is 10.9 Å². The molecule has 0 amide bonds. The van der Waals surface area contributed by atoms with Gasteiger partial charge in [-0.3, -0.25) is 4.98 Å². The Kier molecular flexibility index (Phi) is 1.55. The minimum absolute atomic E-state index is 0.619. The van der Waals surface area contributed by atoms with Gasteiger partial charge < -0.3 is 0 Å². The predicted molar refractivity (Wildman–Crippen MR) is 46.6 cm³/mol. The van der Waals surface area contributed by atoms with Crippen molar-refractivity contribution in [1.82, 2.24) is 4.98 Å². The topological polar surface area (TPSA) is 49.1 Å². The molecule has 3 nitrogen and oxygen atoms in total. The Morgan fingerprint density at radius 2 is 2.00 bits per heavy atom. The maximum atomic E-state index is 6.91. The van der Waals surface area contributed by atoms with Crippen molar-refractivity contribution in [2.24, 2.45) is 5.11 Å². The van der Waals surface area contributed by atoms with Gasteiger partial charge in [0.1, 0.15) is 5.69 Å². The minimum atomic E-state index is 0.619. The summed E-state index contributed by atoms with van der Waals surface area (Å²) >= 11 is 0. The van der Waals surface area contributed by atoms with Crippen LogP contribution in [-0.4, -0.2) is 4.98 Å². The fraction of sp³-hybridized carbons (Fsp3) is 0.